The van der Waals surface area contributed by atoms with Gasteiger partial charge in [-0.3, -0.25) is 14.9 Å². The number of fused-ring (bicyclic) bond motifs is 1. The number of nitrogens with one attached hydrogen (secondary N) is 1. The highest BCUT2D eigenvalue weighted by molar-refractivity contribution is 7.21. The van der Waals surface area contributed by atoms with Crippen LogP contribution < -0.4 is 5.32 Å². The van der Waals surface area contributed by atoms with Gasteiger partial charge in [0.2, 0.25) is 0 Å². The van der Waals surface area contributed by atoms with Crippen molar-refractivity contribution in [2.24, 2.45) is 0 Å². The highest BCUT2D eigenvalue weighted by Crippen LogP contribution is 2.31. The lowest BCUT2D eigenvalue weighted by molar-refractivity contribution is -0.383. The number of rotatable bonds is 5. The van der Waals surface area contributed by atoms with Crippen molar-refractivity contribution >= 4 is 56.3 Å². The second kappa shape index (κ2) is 7.73. The number of ether oxygens (including phenoxy) is 1. The normalized spacial score (nSPS) is 10.6. The fraction of sp³-hybridized carbons (Fsp3) is 0.111. The van der Waals surface area contributed by atoms with Crippen LogP contribution in [-0.2, 0) is 9.53 Å². The summed E-state index contributed by atoms with van der Waals surface area (Å²) in [5.41, 5.74) is 0.417. The lowest BCUT2D eigenvalue weighted by Crippen LogP contribution is -2.21. The number of halogens is 1. The predicted molar refractivity (Wildman–Crippen MR) is 104 cm³/mol. The van der Waals surface area contributed by atoms with Crippen LogP contribution in [0.15, 0.2) is 42.5 Å². The molecule has 138 valence electrons. The third-order valence-electron chi connectivity index (χ3n) is 3.79. The second-order valence-electron chi connectivity index (χ2n) is 5.60. The van der Waals surface area contributed by atoms with Gasteiger partial charge in [0.1, 0.15) is 10.6 Å². The van der Waals surface area contributed by atoms with Crippen molar-refractivity contribution < 1.29 is 19.2 Å². The van der Waals surface area contributed by atoms with E-state index in [1.807, 2.05) is 31.2 Å². The number of thiophene rings is 1. The monoisotopic (exact) mass is 404 g/mol. The minimum absolute atomic E-state index is 0.0245. The summed E-state index contributed by atoms with van der Waals surface area (Å²) in [4.78, 5) is 35.1. The van der Waals surface area contributed by atoms with E-state index in [-0.39, 0.29) is 16.4 Å². The maximum atomic E-state index is 12.3. The van der Waals surface area contributed by atoms with Crippen molar-refractivity contribution in [1.29, 1.82) is 0 Å². The summed E-state index contributed by atoms with van der Waals surface area (Å²) in [6.45, 7) is 1.25. The Morgan fingerprint density at radius 3 is 2.70 bits per heavy atom. The third-order valence-corrected chi connectivity index (χ3v) is 5.28. The number of anilines is 1. The van der Waals surface area contributed by atoms with Gasteiger partial charge in [-0.2, -0.15) is 0 Å². The Hall–Kier alpha value is -2.97. The van der Waals surface area contributed by atoms with Gasteiger partial charge in [0.25, 0.3) is 11.6 Å². The Morgan fingerprint density at radius 1 is 1.26 bits per heavy atom. The second-order valence-corrected chi connectivity index (χ2v) is 7.08. The van der Waals surface area contributed by atoms with Crippen LogP contribution >= 0.6 is 22.9 Å². The molecule has 1 amide bonds. The zero-order valence-corrected chi connectivity index (χ0v) is 15.6. The lowest BCUT2D eigenvalue weighted by atomic mass is 10.1. The van der Waals surface area contributed by atoms with Gasteiger partial charge in [-0.1, -0.05) is 29.8 Å². The van der Waals surface area contributed by atoms with Crippen molar-refractivity contribution in [3.63, 3.8) is 0 Å². The van der Waals surface area contributed by atoms with E-state index < -0.39 is 23.4 Å². The topological polar surface area (TPSA) is 98.5 Å². The van der Waals surface area contributed by atoms with E-state index in [1.54, 1.807) is 0 Å². The van der Waals surface area contributed by atoms with Crippen molar-refractivity contribution in [2.75, 3.05) is 11.9 Å². The van der Waals surface area contributed by atoms with Gasteiger partial charge in [-0.25, -0.2) is 4.79 Å². The molecule has 0 bridgehead atoms. The Labute approximate surface area is 162 Å². The van der Waals surface area contributed by atoms with Crippen LogP contribution in [0, 0.1) is 17.0 Å². The Bertz CT molecular complexity index is 1060. The molecule has 0 unspecified atom stereocenters. The van der Waals surface area contributed by atoms with Crippen molar-refractivity contribution in [3.8, 4) is 0 Å². The maximum Gasteiger partial charge on any atom is 0.349 e. The highest BCUT2D eigenvalue weighted by Gasteiger charge is 2.20. The molecule has 1 N–H and O–H groups in total. The molecule has 0 saturated heterocycles. The Kier molecular flexibility index (Phi) is 5.38. The number of nitrogens with zero attached hydrogens (tertiary/aromatic N) is 1. The number of aryl methyl sites for hydroxylation is 1. The number of nitro groups is 1. The largest absolute Gasteiger partial charge is 0.451 e. The quantitative estimate of drug-likeness (QED) is 0.381. The molecule has 1 heterocycles. The molecule has 0 aliphatic rings. The van der Waals surface area contributed by atoms with Gasteiger partial charge in [-0.05, 0) is 36.1 Å². The molecule has 0 radical (unpaired) electrons. The molecule has 7 nitrogen and oxygen atoms in total. The molecule has 1 aromatic heterocycles. The molecule has 0 atom stereocenters. The number of hydrogen-bond donors (Lipinski definition) is 1. The number of benzene rings is 2. The van der Waals surface area contributed by atoms with Crippen LogP contribution in [0.2, 0.25) is 5.02 Å². The first-order valence-corrected chi connectivity index (χ1v) is 8.95. The third kappa shape index (κ3) is 4.07. The number of nitro benzene ring substituents is 1. The van der Waals surface area contributed by atoms with Gasteiger partial charge in [0.05, 0.1) is 4.92 Å². The van der Waals surface area contributed by atoms with Crippen LogP contribution in [0.3, 0.4) is 0 Å². The fourth-order valence-corrected chi connectivity index (χ4v) is 3.78. The maximum absolute atomic E-state index is 12.3. The van der Waals surface area contributed by atoms with Gasteiger partial charge in [0, 0.05) is 15.8 Å². The molecular weight excluding hydrogens is 392 g/mol. The molecule has 27 heavy (non-hydrogen) atoms. The van der Waals surface area contributed by atoms with Crippen molar-refractivity contribution in [3.05, 3.63) is 68.0 Å². The van der Waals surface area contributed by atoms with E-state index in [1.165, 1.54) is 23.5 Å². The lowest BCUT2D eigenvalue weighted by Gasteiger charge is -2.07. The summed E-state index contributed by atoms with van der Waals surface area (Å²) in [6, 6.07) is 11.4. The van der Waals surface area contributed by atoms with Crippen LogP contribution in [0.1, 0.15) is 15.2 Å². The molecular formula is C18H13ClN2O5S. The SMILES string of the molecule is Cc1c(C(=O)OCC(=O)Nc2ccc(Cl)cc2[N+](=O)[O-])sc2ccccc12. The molecule has 3 rings (SSSR count). The summed E-state index contributed by atoms with van der Waals surface area (Å²) < 4.78 is 6.01. The molecule has 0 aliphatic carbocycles. The molecule has 2 aromatic carbocycles. The smallest absolute Gasteiger partial charge is 0.349 e. The summed E-state index contributed by atoms with van der Waals surface area (Å²) >= 11 is 7.02. The van der Waals surface area contributed by atoms with Crippen LogP contribution in [-0.4, -0.2) is 23.4 Å². The summed E-state index contributed by atoms with van der Waals surface area (Å²) in [7, 11) is 0. The highest BCUT2D eigenvalue weighted by atomic mass is 35.5. The first kappa shape index (κ1) is 18.8. The molecule has 0 spiro atoms. The summed E-state index contributed by atoms with van der Waals surface area (Å²) in [5.74, 6) is -1.30. The molecule has 3 aromatic rings. The average molecular weight is 405 g/mol. The fourth-order valence-electron chi connectivity index (χ4n) is 2.51. The Balaban J connectivity index is 1.68. The number of carbonyl (C=O) groups is 2. The minimum atomic E-state index is -0.687. The molecule has 9 heteroatoms. The average Bonchev–Trinajstić information content (AvgIpc) is 2.98. The van der Waals surface area contributed by atoms with Crippen molar-refractivity contribution in [2.45, 2.75) is 6.92 Å². The zero-order chi connectivity index (χ0) is 19.6. The van der Waals surface area contributed by atoms with E-state index >= 15 is 0 Å². The molecule has 0 aliphatic heterocycles. The van der Waals surface area contributed by atoms with Gasteiger partial charge in [-0.15, -0.1) is 11.3 Å². The number of esters is 1. The zero-order valence-electron chi connectivity index (χ0n) is 14.0. The van der Waals surface area contributed by atoms with Crippen LogP contribution in [0.4, 0.5) is 11.4 Å². The van der Waals surface area contributed by atoms with E-state index in [0.29, 0.717) is 4.88 Å². The Morgan fingerprint density at radius 2 is 2.00 bits per heavy atom. The number of carbonyl (C=O) groups excluding carboxylic acids is 2. The van der Waals surface area contributed by atoms with E-state index in [9.17, 15) is 19.7 Å². The van der Waals surface area contributed by atoms with Gasteiger partial charge < -0.3 is 10.1 Å². The van der Waals surface area contributed by atoms with E-state index in [0.717, 1.165) is 21.7 Å². The standard InChI is InChI=1S/C18H13ClN2O5S/c1-10-12-4-2-3-5-15(12)27-17(10)18(23)26-9-16(22)20-13-7-6-11(19)8-14(13)21(24)25/h2-8H,9H2,1H3,(H,20,22). The minimum Gasteiger partial charge on any atom is -0.451 e. The van der Waals surface area contributed by atoms with Gasteiger partial charge in [0.15, 0.2) is 6.61 Å². The number of hydrogen-bond acceptors (Lipinski definition) is 6. The first-order valence-electron chi connectivity index (χ1n) is 7.76. The van der Waals surface area contributed by atoms with Crippen LogP contribution in [0.5, 0.6) is 0 Å². The van der Waals surface area contributed by atoms with Crippen molar-refractivity contribution in [1.82, 2.24) is 0 Å². The van der Waals surface area contributed by atoms with Gasteiger partial charge >= 0.3 is 5.97 Å². The molecule has 0 saturated carbocycles. The predicted octanol–water partition coefficient (Wildman–Crippen LogP) is 4.57. The van der Waals surface area contributed by atoms with E-state index in [4.69, 9.17) is 16.3 Å². The summed E-state index contributed by atoms with van der Waals surface area (Å²) in [6.07, 6.45) is 0. The number of amides is 1. The van der Waals surface area contributed by atoms with E-state index in [2.05, 4.69) is 5.32 Å². The molecule has 0 fully saturated rings. The summed E-state index contributed by atoms with van der Waals surface area (Å²) in [5, 5.41) is 14.5. The van der Waals surface area contributed by atoms with Crippen LogP contribution in [0.25, 0.3) is 10.1 Å². The first-order chi connectivity index (χ1) is 12.9.